The molecule has 1 aliphatic rings. The summed E-state index contributed by atoms with van der Waals surface area (Å²) in [7, 11) is 1.74. The van der Waals surface area contributed by atoms with E-state index in [4.69, 9.17) is 4.74 Å². The molecule has 4 rings (SSSR count). The fourth-order valence-electron chi connectivity index (χ4n) is 3.91. The second-order valence-electron chi connectivity index (χ2n) is 7.76. The lowest BCUT2D eigenvalue weighted by molar-refractivity contribution is 0.0731. The van der Waals surface area contributed by atoms with Crippen LogP contribution in [0.5, 0.6) is 5.75 Å². The highest BCUT2D eigenvalue weighted by molar-refractivity contribution is 5.82. The number of methoxy groups -OCH3 is 1. The van der Waals surface area contributed by atoms with Crippen LogP contribution in [0, 0.1) is 17.0 Å². The highest BCUT2D eigenvalue weighted by atomic mass is 19.1. The van der Waals surface area contributed by atoms with Crippen LogP contribution in [0.15, 0.2) is 36.5 Å². The third-order valence-electron chi connectivity index (χ3n) is 5.64. The molecule has 0 atom stereocenters. The monoisotopic (exact) mass is 387 g/mol. The van der Waals surface area contributed by atoms with Crippen molar-refractivity contribution < 1.29 is 18.6 Å². The van der Waals surface area contributed by atoms with E-state index < -0.39 is 17.4 Å². The maximum Gasteiger partial charge on any atom is 0.194 e. The second kappa shape index (κ2) is 7.05. The van der Waals surface area contributed by atoms with E-state index in [0.717, 1.165) is 44.3 Å². The Morgan fingerprint density at radius 3 is 2.43 bits per heavy atom. The molecule has 3 aromatic rings. The normalized spacial score (nSPS) is 16.6. The first kappa shape index (κ1) is 18.7. The molecular formula is C21H23F2N3O2. The van der Waals surface area contributed by atoms with E-state index in [0.29, 0.717) is 11.1 Å². The van der Waals surface area contributed by atoms with Gasteiger partial charge in [0.15, 0.2) is 17.4 Å². The van der Waals surface area contributed by atoms with Gasteiger partial charge in [0, 0.05) is 31.3 Å². The number of aromatic nitrogens is 2. The number of hydrogen-bond donors (Lipinski definition) is 1. The third-order valence-corrected chi connectivity index (χ3v) is 5.64. The minimum Gasteiger partial charge on any atom is -0.503 e. The van der Waals surface area contributed by atoms with E-state index in [2.05, 4.69) is 16.9 Å². The van der Waals surface area contributed by atoms with Crippen molar-refractivity contribution >= 4 is 16.6 Å². The Bertz CT molecular complexity index is 993. The van der Waals surface area contributed by atoms with Crippen LogP contribution in [-0.2, 0) is 4.74 Å². The van der Waals surface area contributed by atoms with Gasteiger partial charge in [0.05, 0.1) is 18.5 Å². The van der Waals surface area contributed by atoms with E-state index in [1.165, 1.54) is 10.9 Å². The molecule has 1 N–H and O–H groups in total. The molecule has 1 saturated heterocycles. The topological polar surface area (TPSA) is 50.5 Å². The van der Waals surface area contributed by atoms with Gasteiger partial charge in [-0.3, -0.25) is 0 Å². The van der Waals surface area contributed by atoms with Crippen molar-refractivity contribution in [1.82, 2.24) is 9.78 Å². The summed E-state index contributed by atoms with van der Waals surface area (Å²) in [5, 5.41) is 14.0. The van der Waals surface area contributed by atoms with Gasteiger partial charge >= 0.3 is 0 Å². The molecule has 1 fully saturated rings. The Hall–Kier alpha value is -2.67. The summed E-state index contributed by atoms with van der Waals surface area (Å²) < 4.78 is 34.6. The standard InChI is InChI=1S/C21H23F2N3O2/c1-21(13-28-2)7-9-25(10-8-21)15-3-5-16(6-4-15)26-19-14(12-24-26)11-17(22)20(27)18(19)23/h3-6,11-12,27H,7-10,13H2,1-2H3. The van der Waals surface area contributed by atoms with Crippen molar-refractivity contribution in [2.75, 3.05) is 31.7 Å². The zero-order valence-corrected chi connectivity index (χ0v) is 16.0. The number of phenols is 1. The van der Waals surface area contributed by atoms with Crippen molar-refractivity contribution in [2.45, 2.75) is 19.8 Å². The average molecular weight is 387 g/mol. The molecule has 0 radical (unpaired) electrons. The fourth-order valence-corrected chi connectivity index (χ4v) is 3.91. The van der Waals surface area contributed by atoms with Crippen molar-refractivity contribution in [3.05, 3.63) is 48.2 Å². The van der Waals surface area contributed by atoms with Gasteiger partial charge in [-0.05, 0) is 48.6 Å². The van der Waals surface area contributed by atoms with Gasteiger partial charge in [-0.25, -0.2) is 13.5 Å². The van der Waals surface area contributed by atoms with E-state index in [-0.39, 0.29) is 10.9 Å². The molecule has 0 aliphatic carbocycles. The largest absolute Gasteiger partial charge is 0.503 e. The summed E-state index contributed by atoms with van der Waals surface area (Å²) in [6.07, 6.45) is 3.50. The molecule has 0 amide bonds. The number of nitrogens with zero attached hydrogens (tertiary/aromatic N) is 3. The molecule has 5 nitrogen and oxygen atoms in total. The van der Waals surface area contributed by atoms with Crippen molar-refractivity contribution in [3.8, 4) is 11.4 Å². The first-order valence-electron chi connectivity index (χ1n) is 9.31. The summed E-state index contributed by atoms with van der Waals surface area (Å²) >= 11 is 0. The van der Waals surface area contributed by atoms with Crippen LogP contribution in [0.4, 0.5) is 14.5 Å². The van der Waals surface area contributed by atoms with E-state index in [9.17, 15) is 13.9 Å². The summed E-state index contributed by atoms with van der Waals surface area (Å²) in [4.78, 5) is 2.32. The lowest BCUT2D eigenvalue weighted by atomic mass is 9.81. The number of halogens is 2. The van der Waals surface area contributed by atoms with Gasteiger partial charge < -0.3 is 14.7 Å². The molecule has 1 aliphatic heterocycles. The van der Waals surface area contributed by atoms with Crippen LogP contribution in [0.2, 0.25) is 0 Å². The number of benzene rings is 2. The van der Waals surface area contributed by atoms with Crippen LogP contribution in [-0.4, -0.2) is 41.7 Å². The van der Waals surface area contributed by atoms with Gasteiger partial charge in [0.25, 0.3) is 0 Å². The molecule has 0 bridgehead atoms. The van der Waals surface area contributed by atoms with Crippen molar-refractivity contribution in [3.63, 3.8) is 0 Å². The van der Waals surface area contributed by atoms with Gasteiger partial charge in [0.2, 0.25) is 0 Å². The van der Waals surface area contributed by atoms with Crippen LogP contribution in [0.3, 0.4) is 0 Å². The predicted octanol–water partition coefficient (Wildman–Crippen LogP) is 4.26. The number of fused-ring (bicyclic) bond motifs is 1. The summed E-state index contributed by atoms with van der Waals surface area (Å²) in [6.45, 7) is 4.93. The van der Waals surface area contributed by atoms with Gasteiger partial charge in [-0.1, -0.05) is 6.92 Å². The van der Waals surface area contributed by atoms with E-state index in [1.807, 2.05) is 24.3 Å². The molecule has 148 valence electrons. The Kier molecular flexibility index (Phi) is 4.71. The molecule has 2 aromatic carbocycles. The number of rotatable bonds is 4. The zero-order chi connectivity index (χ0) is 19.9. The zero-order valence-electron chi connectivity index (χ0n) is 16.0. The smallest absolute Gasteiger partial charge is 0.194 e. The maximum atomic E-state index is 14.4. The lowest BCUT2D eigenvalue weighted by Crippen LogP contribution is -2.40. The molecule has 0 unspecified atom stereocenters. The highest BCUT2D eigenvalue weighted by Crippen LogP contribution is 2.34. The Morgan fingerprint density at radius 1 is 1.14 bits per heavy atom. The molecule has 1 aromatic heterocycles. The van der Waals surface area contributed by atoms with Crippen LogP contribution >= 0.6 is 0 Å². The molecule has 0 saturated carbocycles. The van der Waals surface area contributed by atoms with Crippen LogP contribution < -0.4 is 4.90 Å². The SMILES string of the molecule is COCC1(C)CCN(c2ccc(-n3ncc4cc(F)c(O)c(F)c43)cc2)CC1. The van der Waals surface area contributed by atoms with Crippen LogP contribution in [0.1, 0.15) is 19.8 Å². The number of anilines is 1. The van der Waals surface area contributed by atoms with Gasteiger partial charge in [0.1, 0.15) is 5.52 Å². The number of phenolic OH excluding ortho intramolecular Hbond substituents is 1. The minimum absolute atomic E-state index is 0.0555. The average Bonchev–Trinajstić information content (AvgIpc) is 3.11. The third kappa shape index (κ3) is 3.20. The Balaban J connectivity index is 1.58. The summed E-state index contributed by atoms with van der Waals surface area (Å²) in [6, 6.07) is 8.73. The second-order valence-corrected chi connectivity index (χ2v) is 7.76. The summed E-state index contributed by atoms with van der Waals surface area (Å²) in [5.41, 5.74) is 2.01. The predicted molar refractivity (Wildman–Crippen MR) is 104 cm³/mol. The number of hydrogen-bond acceptors (Lipinski definition) is 4. The maximum absolute atomic E-state index is 14.4. The number of ether oxygens (including phenoxy) is 1. The number of aromatic hydroxyl groups is 1. The van der Waals surface area contributed by atoms with E-state index in [1.54, 1.807) is 7.11 Å². The van der Waals surface area contributed by atoms with Gasteiger partial charge in [-0.2, -0.15) is 5.10 Å². The lowest BCUT2D eigenvalue weighted by Gasteiger charge is -2.40. The molecule has 0 spiro atoms. The van der Waals surface area contributed by atoms with Crippen molar-refractivity contribution in [2.24, 2.45) is 5.41 Å². The van der Waals surface area contributed by atoms with Gasteiger partial charge in [-0.15, -0.1) is 0 Å². The molecule has 2 heterocycles. The fraction of sp³-hybridized carbons (Fsp3) is 0.381. The molecule has 28 heavy (non-hydrogen) atoms. The summed E-state index contributed by atoms with van der Waals surface area (Å²) in [5.74, 6) is -2.99. The van der Waals surface area contributed by atoms with Crippen LogP contribution in [0.25, 0.3) is 16.6 Å². The quantitative estimate of drug-likeness (QED) is 0.727. The van der Waals surface area contributed by atoms with E-state index >= 15 is 0 Å². The van der Waals surface area contributed by atoms with Crippen molar-refractivity contribution in [1.29, 1.82) is 0 Å². The molecule has 7 heteroatoms. The first-order valence-corrected chi connectivity index (χ1v) is 9.31. The minimum atomic E-state index is -1.01. The molecular weight excluding hydrogens is 364 g/mol. The highest BCUT2D eigenvalue weighted by Gasteiger charge is 2.30. The Labute approximate surface area is 162 Å². The first-order chi connectivity index (χ1) is 13.4. The Morgan fingerprint density at radius 2 is 1.79 bits per heavy atom. The number of piperidine rings is 1.